The lowest BCUT2D eigenvalue weighted by atomic mass is 10.2. The molecule has 1 N–H and O–H groups in total. The van der Waals surface area contributed by atoms with Crippen LogP contribution >= 0.6 is 0 Å². The second-order valence-electron chi connectivity index (χ2n) is 4.52. The van der Waals surface area contributed by atoms with E-state index in [0.29, 0.717) is 19.3 Å². The lowest BCUT2D eigenvalue weighted by Crippen LogP contribution is -2.39. The van der Waals surface area contributed by atoms with Crippen molar-refractivity contribution >= 4 is 21.6 Å². The standard InChI is InChI=1S/C11H14N4O3S/c1-15-7-8(6-12)10(14-15)13-11(16)9-4-2-3-5-19(9,17)18/h7,9H,2-5H2,1H3,(H,13,14,16). The molecule has 19 heavy (non-hydrogen) atoms. The molecule has 8 heteroatoms. The summed E-state index contributed by atoms with van der Waals surface area (Å²) in [6.07, 6.45) is 3.09. The Labute approximate surface area is 111 Å². The fourth-order valence-corrected chi connectivity index (χ4v) is 3.91. The van der Waals surface area contributed by atoms with Crippen molar-refractivity contribution in [2.45, 2.75) is 24.5 Å². The molecule has 1 amide bonds. The number of amides is 1. The molecule has 1 unspecified atom stereocenters. The summed E-state index contributed by atoms with van der Waals surface area (Å²) < 4.78 is 25.0. The molecule has 0 aliphatic carbocycles. The summed E-state index contributed by atoms with van der Waals surface area (Å²) in [5.41, 5.74) is 0.212. The zero-order chi connectivity index (χ0) is 14.0. The van der Waals surface area contributed by atoms with Crippen LogP contribution in [0, 0.1) is 11.3 Å². The number of sulfone groups is 1. The maximum absolute atomic E-state index is 12.0. The van der Waals surface area contributed by atoms with Crippen molar-refractivity contribution in [3.8, 4) is 6.07 Å². The van der Waals surface area contributed by atoms with E-state index < -0.39 is 21.0 Å². The van der Waals surface area contributed by atoms with E-state index in [1.807, 2.05) is 6.07 Å². The molecule has 1 fully saturated rings. The van der Waals surface area contributed by atoms with Crippen LogP contribution in [0.4, 0.5) is 5.82 Å². The van der Waals surface area contributed by atoms with Gasteiger partial charge in [0.25, 0.3) is 0 Å². The van der Waals surface area contributed by atoms with E-state index in [1.54, 1.807) is 7.05 Å². The first-order chi connectivity index (χ1) is 8.94. The molecule has 1 aromatic heterocycles. The number of hydrogen-bond acceptors (Lipinski definition) is 5. The topological polar surface area (TPSA) is 105 Å². The minimum Gasteiger partial charge on any atom is -0.307 e. The lowest BCUT2D eigenvalue weighted by molar-refractivity contribution is -0.116. The van der Waals surface area contributed by atoms with Gasteiger partial charge in [-0.2, -0.15) is 10.4 Å². The smallest absolute Gasteiger partial charge is 0.243 e. The van der Waals surface area contributed by atoms with Crippen LogP contribution in [0.25, 0.3) is 0 Å². The Hall–Kier alpha value is -1.88. The molecule has 1 aromatic rings. The van der Waals surface area contributed by atoms with Gasteiger partial charge in [0, 0.05) is 13.2 Å². The van der Waals surface area contributed by atoms with E-state index in [1.165, 1.54) is 10.9 Å². The number of hydrogen-bond donors (Lipinski definition) is 1. The monoisotopic (exact) mass is 282 g/mol. The van der Waals surface area contributed by atoms with Gasteiger partial charge in [-0.25, -0.2) is 8.42 Å². The van der Waals surface area contributed by atoms with Gasteiger partial charge in [-0.05, 0) is 12.8 Å². The van der Waals surface area contributed by atoms with Crippen LogP contribution in [0.5, 0.6) is 0 Å². The Morgan fingerprint density at radius 3 is 2.95 bits per heavy atom. The molecule has 1 saturated heterocycles. The summed E-state index contributed by atoms with van der Waals surface area (Å²) in [6.45, 7) is 0. The SMILES string of the molecule is Cn1cc(C#N)c(NC(=O)C2CCCCS2(=O)=O)n1. The molecule has 2 heterocycles. The highest BCUT2D eigenvalue weighted by Gasteiger charge is 2.35. The first kappa shape index (κ1) is 13.5. The first-order valence-electron chi connectivity index (χ1n) is 5.90. The van der Waals surface area contributed by atoms with E-state index in [2.05, 4.69) is 10.4 Å². The van der Waals surface area contributed by atoms with E-state index in [4.69, 9.17) is 5.26 Å². The molecule has 102 valence electrons. The molecule has 0 aromatic carbocycles. The fourth-order valence-electron chi connectivity index (χ4n) is 2.11. The molecule has 0 saturated carbocycles. The summed E-state index contributed by atoms with van der Waals surface area (Å²) in [4.78, 5) is 12.0. The fraction of sp³-hybridized carbons (Fsp3) is 0.545. The average Bonchev–Trinajstić information content (AvgIpc) is 2.68. The Balaban J connectivity index is 2.19. The minimum atomic E-state index is -3.39. The third-order valence-corrected chi connectivity index (χ3v) is 5.24. The third kappa shape index (κ3) is 2.76. The summed E-state index contributed by atoms with van der Waals surface area (Å²) in [7, 11) is -1.77. The number of anilines is 1. The second kappa shape index (κ2) is 5.01. The van der Waals surface area contributed by atoms with Gasteiger partial charge in [-0.15, -0.1) is 0 Å². The van der Waals surface area contributed by atoms with Gasteiger partial charge < -0.3 is 5.32 Å². The van der Waals surface area contributed by atoms with Gasteiger partial charge in [0.1, 0.15) is 16.9 Å². The molecular formula is C11H14N4O3S. The average molecular weight is 282 g/mol. The Bertz CT molecular complexity index is 641. The molecule has 0 radical (unpaired) electrons. The quantitative estimate of drug-likeness (QED) is 0.834. The number of nitrogens with one attached hydrogen (secondary N) is 1. The summed E-state index contributed by atoms with van der Waals surface area (Å²) in [5.74, 6) is -0.455. The van der Waals surface area contributed by atoms with Crippen molar-refractivity contribution in [3.63, 3.8) is 0 Å². The van der Waals surface area contributed by atoms with Crippen molar-refractivity contribution in [1.29, 1.82) is 5.26 Å². The summed E-state index contributed by atoms with van der Waals surface area (Å²) >= 11 is 0. The van der Waals surface area contributed by atoms with Gasteiger partial charge in [0.15, 0.2) is 15.7 Å². The van der Waals surface area contributed by atoms with Crippen molar-refractivity contribution in [3.05, 3.63) is 11.8 Å². The zero-order valence-corrected chi connectivity index (χ0v) is 11.3. The highest BCUT2D eigenvalue weighted by atomic mass is 32.2. The largest absolute Gasteiger partial charge is 0.307 e. The van der Waals surface area contributed by atoms with Crippen LogP contribution in [-0.4, -0.2) is 35.1 Å². The number of aromatic nitrogens is 2. The van der Waals surface area contributed by atoms with Crippen molar-refractivity contribution < 1.29 is 13.2 Å². The zero-order valence-electron chi connectivity index (χ0n) is 10.5. The Morgan fingerprint density at radius 2 is 2.32 bits per heavy atom. The maximum atomic E-state index is 12.0. The highest BCUT2D eigenvalue weighted by molar-refractivity contribution is 7.92. The van der Waals surface area contributed by atoms with E-state index in [-0.39, 0.29) is 17.1 Å². The Morgan fingerprint density at radius 1 is 1.58 bits per heavy atom. The van der Waals surface area contributed by atoms with Gasteiger partial charge >= 0.3 is 0 Å². The number of nitrogens with zero attached hydrogens (tertiary/aromatic N) is 3. The van der Waals surface area contributed by atoms with Gasteiger partial charge in [0.05, 0.1) is 5.75 Å². The number of carbonyl (C=O) groups is 1. The molecule has 7 nitrogen and oxygen atoms in total. The van der Waals surface area contributed by atoms with Crippen LogP contribution < -0.4 is 5.32 Å². The molecule has 1 atom stereocenters. The molecule has 1 aliphatic rings. The van der Waals surface area contributed by atoms with E-state index in [0.717, 1.165) is 0 Å². The second-order valence-corrected chi connectivity index (χ2v) is 6.82. The van der Waals surface area contributed by atoms with Crippen molar-refractivity contribution in [1.82, 2.24) is 9.78 Å². The predicted octanol–water partition coefficient (Wildman–Crippen LogP) is 0.198. The van der Waals surface area contributed by atoms with Crippen LogP contribution in [0.2, 0.25) is 0 Å². The van der Waals surface area contributed by atoms with Gasteiger partial charge in [-0.1, -0.05) is 6.42 Å². The highest BCUT2D eigenvalue weighted by Crippen LogP contribution is 2.21. The number of nitriles is 1. The lowest BCUT2D eigenvalue weighted by Gasteiger charge is -2.20. The molecule has 0 spiro atoms. The third-order valence-electron chi connectivity index (χ3n) is 3.06. The van der Waals surface area contributed by atoms with Crippen molar-refractivity contribution in [2.75, 3.05) is 11.1 Å². The van der Waals surface area contributed by atoms with Gasteiger partial charge in [0.2, 0.25) is 5.91 Å². The molecule has 1 aliphatic heterocycles. The molecule has 2 rings (SSSR count). The molecule has 0 bridgehead atoms. The molecular weight excluding hydrogens is 268 g/mol. The van der Waals surface area contributed by atoms with Crippen LogP contribution in [-0.2, 0) is 21.7 Å². The normalized spacial score (nSPS) is 21.6. The number of rotatable bonds is 2. The number of aryl methyl sites for hydroxylation is 1. The summed E-state index contributed by atoms with van der Waals surface area (Å²) in [5, 5.41) is 14.2. The minimum absolute atomic E-state index is 0.0401. The predicted molar refractivity (Wildman–Crippen MR) is 68.0 cm³/mol. The van der Waals surface area contributed by atoms with Crippen LogP contribution in [0.1, 0.15) is 24.8 Å². The number of carbonyl (C=O) groups excluding carboxylic acids is 1. The van der Waals surface area contributed by atoms with Crippen LogP contribution in [0.3, 0.4) is 0 Å². The van der Waals surface area contributed by atoms with Crippen LogP contribution in [0.15, 0.2) is 6.20 Å². The summed E-state index contributed by atoms with van der Waals surface area (Å²) in [6, 6.07) is 1.90. The van der Waals surface area contributed by atoms with Gasteiger partial charge in [-0.3, -0.25) is 9.48 Å². The van der Waals surface area contributed by atoms with E-state index in [9.17, 15) is 13.2 Å². The maximum Gasteiger partial charge on any atom is 0.243 e. The first-order valence-corrected chi connectivity index (χ1v) is 7.62. The van der Waals surface area contributed by atoms with E-state index >= 15 is 0 Å². The Kier molecular flexibility index (Phi) is 3.57. The van der Waals surface area contributed by atoms with Crippen molar-refractivity contribution in [2.24, 2.45) is 7.05 Å².